The lowest BCUT2D eigenvalue weighted by Crippen LogP contribution is -2.09. The molecule has 2 N–H and O–H groups in total. The van der Waals surface area contributed by atoms with Crippen molar-refractivity contribution in [3.63, 3.8) is 0 Å². The van der Waals surface area contributed by atoms with Gasteiger partial charge in [-0.2, -0.15) is 5.10 Å². The van der Waals surface area contributed by atoms with Gasteiger partial charge in [-0.3, -0.25) is 4.68 Å². The van der Waals surface area contributed by atoms with Crippen LogP contribution in [0, 0.1) is 0 Å². The summed E-state index contributed by atoms with van der Waals surface area (Å²) in [6, 6.07) is 13.5. The summed E-state index contributed by atoms with van der Waals surface area (Å²) in [4.78, 5) is 0. The molecular formula is C17H19N3O. The first kappa shape index (κ1) is 13.5. The second-order valence-electron chi connectivity index (χ2n) is 5.08. The Hall–Kier alpha value is -2.49. The second kappa shape index (κ2) is 5.87. The van der Waals surface area contributed by atoms with Crippen LogP contribution in [0.2, 0.25) is 0 Å². The molecule has 0 atom stereocenters. The first-order valence-electron chi connectivity index (χ1n) is 7.25. The Bertz CT molecular complexity index is 749. The standard InChI is InChI=1S/C17H19N3O/c1-2-11-20-13(9-10-19-20)12-18-16-7-3-6-15-14(16)5-4-8-17(15)21/h3-10,18,21H,2,11-12H2,1H3. The van der Waals surface area contributed by atoms with Crippen LogP contribution in [-0.2, 0) is 13.1 Å². The Morgan fingerprint density at radius 3 is 2.76 bits per heavy atom. The van der Waals surface area contributed by atoms with Gasteiger partial charge in [0.05, 0.1) is 12.2 Å². The Morgan fingerprint density at radius 2 is 1.90 bits per heavy atom. The first-order valence-corrected chi connectivity index (χ1v) is 7.25. The minimum absolute atomic E-state index is 0.312. The van der Waals surface area contributed by atoms with Crippen LogP contribution in [-0.4, -0.2) is 14.9 Å². The van der Waals surface area contributed by atoms with Gasteiger partial charge in [-0.15, -0.1) is 0 Å². The van der Waals surface area contributed by atoms with Crippen molar-refractivity contribution in [3.05, 3.63) is 54.4 Å². The third kappa shape index (κ3) is 2.70. The molecule has 3 aromatic rings. The predicted octanol–water partition coefficient (Wildman–Crippen LogP) is 3.76. The largest absolute Gasteiger partial charge is 0.507 e. The minimum Gasteiger partial charge on any atom is -0.507 e. The van der Waals surface area contributed by atoms with Crippen LogP contribution in [0.4, 0.5) is 5.69 Å². The van der Waals surface area contributed by atoms with Gasteiger partial charge >= 0.3 is 0 Å². The zero-order valence-corrected chi connectivity index (χ0v) is 12.1. The Morgan fingerprint density at radius 1 is 1.10 bits per heavy atom. The van der Waals surface area contributed by atoms with Crippen LogP contribution < -0.4 is 5.32 Å². The molecule has 0 aliphatic carbocycles. The van der Waals surface area contributed by atoms with E-state index in [1.807, 2.05) is 47.3 Å². The average Bonchev–Trinajstić information content (AvgIpc) is 2.93. The summed E-state index contributed by atoms with van der Waals surface area (Å²) >= 11 is 0. The lowest BCUT2D eigenvalue weighted by Gasteiger charge is -2.11. The van der Waals surface area contributed by atoms with Crippen molar-refractivity contribution in [1.29, 1.82) is 0 Å². The van der Waals surface area contributed by atoms with Crippen LogP contribution in [0.25, 0.3) is 10.8 Å². The van der Waals surface area contributed by atoms with Gasteiger partial charge in [0, 0.05) is 29.2 Å². The van der Waals surface area contributed by atoms with Crippen LogP contribution >= 0.6 is 0 Å². The van der Waals surface area contributed by atoms with E-state index in [-0.39, 0.29) is 0 Å². The molecule has 2 aromatic carbocycles. The number of hydrogen-bond acceptors (Lipinski definition) is 3. The fraction of sp³-hybridized carbons (Fsp3) is 0.235. The normalized spacial score (nSPS) is 10.9. The van der Waals surface area contributed by atoms with Crippen LogP contribution in [0.1, 0.15) is 19.0 Å². The third-order valence-electron chi connectivity index (χ3n) is 3.60. The molecule has 0 fully saturated rings. The number of phenols is 1. The summed E-state index contributed by atoms with van der Waals surface area (Å²) in [6.45, 7) is 3.79. The third-order valence-corrected chi connectivity index (χ3v) is 3.60. The highest BCUT2D eigenvalue weighted by Gasteiger charge is 2.05. The number of anilines is 1. The second-order valence-corrected chi connectivity index (χ2v) is 5.08. The molecule has 0 aliphatic rings. The molecule has 4 nitrogen and oxygen atoms in total. The molecule has 1 aromatic heterocycles. The van der Waals surface area contributed by atoms with Crippen LogP contribution in [0.5, 0.6) is 5.75 Å². The monoisotopic (exact) mass is 281 g/mol. The molecule has 0 bridgehead atoms. The zero-order valence-electron chi connectivity index (χ0n) is 12.1. The molecule has 0 unspecified atom stereocenters. The molecule has 0 saturated carbocycles. The van der Waals surface area contributed by atoms with Crippen molar-refractivity contribution in [2.24, 2.45) is 0 Å². The number of aromatic hydroxyl groups is 1. The Kier molecular flexibility index (Phi) is 3.77. The summed E-state index contributed by atoms with van der Waals surface area (Å²) in [5.41, 5.74) is 2.18. The van der Waals surface area contributed by atoms with Crippen molar-refractivity contribution in [3.8, 4) is 5.75 Å². The van der Waals surface area contributed by atoms with E-state index < -0.39 is 0 Å². The Balaban J connectivity index is 1.85. The lowest BCUT2D eigenvalue weighted by atomic mass is 10.1. The molecule has 21 heavy (non-hydrogen) atoms. The number of aromatic nitrogens is 2. The summed E-state index contributed by atoms with van der Waals surface area (Å²) < 4.78 is 2.02. The number of benzene rings is 2. The fourth-order valence-corrected chi connectivity index (χ4v) is 2.56. The summed E-state index contributed by atoms with van der Waals surface area (Å²) in [5.74, 6) is 0.312. The molecule has 0 aliphatic heterocycles. The number of phenolic OH excluding ortho intramolecular Hbond substituents is 1. The fourth-order valence-electron chi connectivity index (χ4n) is 2.56. The quantitative estimate of drug-likeness (QED) is 0.748. The number of fused-ring (bicyclic) bond motifs is 1. The van der Waals surface area contributed by atoms with Gasteiger partial charge in [0.2, 0.25) is 0 Å². The van der Waals surface area contributed by atoms with Gasteiger partial charge in [0.1, 0.15) is 5.75 Å². The summed E-state index contributed by atoms with van der Waals surface area (Å²) in [6.07, 6.45) is 2.90. The van der Waals surface area contributed by atoms with Gasteiger partial charge in [-0.1, -0.05) is 31.2 Å². The highest BCUT2D eigenvalue weighted by atomic mass is 16.3. The van der Waals surface area contributed by atoms with Gasteiger partial charge in [0.25, 0.3) is 0 Å². The Labute approximate surface area is 124 Å². The van der Waals surface area contributed by atoms with E-state index in [4.69, 9.17) is 0 Å². The first-order chi connectivity index (χ1) is 10.3. The van der Waals surface area contributed by atoms with E-state index in [1.54, 1.807) is 6.07 Å². The topological polar surface area (TPSA) is 50.1 Å². The molecule has 108 valence electrons. The number of nitrogens with one attached hydrogen (secondary N) is 1. The SMILES string of the molecule is CCCn1nccc1CNc1cccc2c(O)cccc12. The highest BCUT2D eigenvalue weighted by Crippen LogP contribution is 2.29. The van der Waals surface area contributed by atoms with E-state index in [0.717, 1.165) is 41.7 Å². The summed E-state index contributed by atoms with van der Waals surface area (Å²) in [5, 5.41) is 19.6. The maximum Gasteiger partial charge on any atom is 0.123 e. The zero-order chi connectivity index (χ0) is 14.7. The van der Waals surface area contributed by atoms with E-state index in [1.165, 1.54) is 0 Å². The smallest absolute Gasteiger partial charge is 0.123 e. The van der Waals surface area contributed by atoms with Gasteiger partial charge in [0.15, 0.2) is 0 Å². The maximum absolute atomic E-state index is 9.92. The molecule has 3 rings (SSSR count). The van der Waals surface area contributed by atoms with Crippen molar-refractivity contribution in [2.45, 2.75) is 26.4 Å². The highest BCUT2D eigenvalue weighted by molar-refractivity contribution is 5.97. The van der Waals surface area contributed by atoms with Crippen LogP contribution in [0.15, 0.2) is 48.7 Å². The number of aryl methyl sites for hydroxylation is 1. The summed E-state index contributed by atoms with van der Waals surface area (Å²) in [7, 11) is 0. The molecular weight excluding hydrogens is 262 g/mol. The number of hydrogen-bond donors (Lipinski definition) is 2. The van der Waals surface area contributed by atoms with Gasteiger partial charge in [-0.05, 0) is 24.6 Å². The van der Waals surface area contributed by atoms with E-state index >= 15 is 0 Å². The van der Waals surface area contributed by atoms with E-state index in [0.29, 0.717) is 5.75 Å². The van der Waals surface area contributed by atoms with Gasteiger partial charge < -0.3 is 10.4 Å². The molecule has 0 amide bonds. The average molecular weight is 281 g/mol. The molecule has 0 spiro atoms. The molecule has 0 radical (unpaired) electrons. The van der Waals surface area contributed by atoms with Crippen molar-refractivity contribution >= 4 is 16.5 Å². The lowest BCUT2D eigenvalue weighted by molar-refractivity contribution is 0.481. The van der Waals surface area contributed by atoms with Crippen molar-refractivity contribution in [1.82, 2.24) is 9.78 Å². The van der Waals surface area contributed by atoms with E-state index in [2.05, 4.69) is 17.3 Å². The van der Waals surface area contributed by atoms with E-state index in [9.17, 15) is 5.11 Å². The minimum atomic E-state index is 0.312. The number of nitrogens with zero attached hydrogens (tertiary/aromatic N) is 2. The van der Waals surface area contributed by atoms with Crippen molar-refractivity contribution in [2.75, 3.05) is 5.32 Å². The number of rotatable bonds is 5. The predicted molar refractivity (Wildman–Crippen MR) is 85.5 cm³/mol. The van der Waals surface area contributed by atoms with Gasteiger partial charge in [-0.25, -0.2) is 0 Å². The molecule has 1 heterocycles. The van der Waals surface area contributed by atoms with Crippen molar-refractivity contribution < 1.29 is 5.11 Å². The molecule has 4 heteroatoms. The maximum atomic E-state index is 9.92. The molecule has 0 saturated heterocycles. The van der Waals surface area contributed by atoms with Crippen LogP contribution in [0.3, 0.4) is 0 Å².